The fourth-order valence-electron chi connectivity index (χ4n) is 1.52. The molecule has 0 saturated heterocycles. The van der Waals surface area contributed by atoms with Crippen LogP contribution in [0.5, 0.6) is 5.75 Å². The summed E-state index contributed by atoms with van der Waals surface area (Å²) in [5, 5.41) is 10.1. The highest BCUT2D eigenvalue weighted by molar-refractivity contribution is 6.38. The zero-order chi connectivity index (χ0) is 12.4. The summed E-state index contributed by atoms with van der Waals surface area (Å²) in [5.41, 5.74) is 0.536. The first-order chi connectivity index (χ1) is 8.09. The van der Waals surface area contributed by atoms with E-state index in [0.717, 1.165) is 0 Å². The van der Waals surface area contributed by atoms with E-state index in [2.05, 4.69) is 0 Å². The summed E-state index contributed by atoms with van der Waals surface area (Å²) in [7, 11) is 0. The van der Waals surface area contributed by atoms with E-state index in [9.17, 15) is 9.90 Å². The average molecular weight is 267 g/mol. The molecule has 0 atom stereocenters. The number of phenolic OH excluding ortho intramolecular Hbond substituents is 1. The Morgan fingerprint density at radius 3 is 2.29 bits per heavy atom. The van der Waals surface area contributed by atoms with Gasteiger partial charge in [0.25, 0.3) is 0 Å². The van der Waals surface area contributed by atoms with Gasteiger partial charge >= 0.3 is 0 Å². The molecule has 0 bridgehead atoms. The molecule has 2 aromatic rings. The van der Waals surface area contributed by atoms with Gasteiger partial charge in [-0.3, -0.25) is 4.79 Å². The maximum absolute atomic E-state index is 12.1. The number of rotatable bonds is 2. The molecule has 0 aliphatic rings. The van der Waals surface area contributed by atoms with Crippen molar-refractivity contribution in [2.24, 2.45) is 0 Å². The number of aromatic hydroxyl groups is 1. The lowest BCUT2D eigenvalue weighted by Crippen LogP contribution is -2.02. The van der Waals surface area contributed by atoms with Gasteiger partial charge < -0.3 is 5.11 Å². The van der Waals surface area contributed by atoms with Gasteiger partial charge in [0.15, 0.2) is 5.78 Å². The zero-order valence-electron chi connectivity index (χ0n) is 8.65. The van der Waals surface area contributed by atoms with Gasteiger partial charge in [-0.05, 0) is 12.1 Å². The molecule has 2 nitrogen and oxygen atoms in total. The lowest BCUT2D eigenvalue weighted by Gasteiger charge is -2.06. The number of phenols is 1. The van der Waals surface area contributed by atoms with Gasteiger partial charge in [-0.25, -0.2) is 0 Å². The maximum atomic E-state index is 12.1. The summed E-state index contributed by atoms with van der Waals surface area (Å²) in [4.78, 5) is 12.1. The van der Waals surface area contributed by atoms with Crippen LogP contribution in [0.15, 0.2) is 42.5 Å². The fraction of sp³-hybridized carbons (Fsp3) is 0. The van der Waals surface area contributed by atoms with E-state index in [1.165, 1.54) is 12.1 Å². The first-order valence-electron chi connectivity index (χ1n) is 4.87. The van der Waals surface area contributed by atoms with E-state index in [0.29, 0.717) is 5.56 Å². The molecule has 0 aliphatic heterocycles. The van der Waals surface area contributed by atoms with Gasteiger partial charge in [0.2, 0.25) is 0 Å². The van der Waals surface area contributed by atoms with E-state index >= 15 is 0 Å². The van der Waals surface area contributed by atoms with Gasteiger partial charge in [0.1, 0.15) is 5.75 Å². The van der Waals surface area contributed by atoms with Crippen LogP contribution in [0.25, 0.3) is 0 Å². The Balaban J connectivity index is 2.52. The summed E-state index contributed by atoms with van der Waals surface area (Å²) >= 11 is 11.6. The lowest BCUT2D eigenvalue weighted by molar-refractivity contribution is 0.103. The number of carbonyl (C=O) groups is 1. The van der Waals surface area contributed by atoms with Crippen molar-refractivity contribution in [2.75, 3.05) is 0 Å². The topological polar surface area (TPSA) is 37.3 Å². The number of ketones is 1. The largest absolute Gasteiger partial charge is 0.507 e. The van der Waals surface area contributed by atoms with Crippen LogP contribution in [0.3, 0.4) is 0 Å². The number of benzene rings is 2. The SMILES string of the molecule is O=C(c1ccccc1)c1c(O)cc(Cl)cc1Cl. The standard InChI is InChI=1S/C13H8Cl2O2/c14-9-6-10(15)12(11(16)7-9)13(17)8-4-2-1-3-5-8/h1-7,16H. The first kappa shape index (κ1) is 12.0. The Morgan fingerprint density at radius 1 is 1.06 bits per heavy atom. The minimum atomic E-state index is -0.329. The van der Waals surface area contributed by atoms with Gasteiger partial charge in [0.05, 0.1) is 10.6 Å². The monoisotopic (exact) mass is 266 g/mol. The normalized spacial score (nSPS) is 10.2. The van der Waals surface area contributed by atoms with Crippen LogP contribution in [0.1, 0.15) is 15.9 Å². The van der Waals surface area contributed by atoms with Gasteiger partial charge in [-0.2, -0.15) is 0 Å². The molecule has 0 saturated carbocycles. The summed E-state index contributed by atoms with van der Waals surface area (Å²) in [6.07, 6.45) is 0. The molecule has 17 heavy (non-hydrogen) atoms. The third-order valence-corrected chi connectivity index (χ3v) is 2.81. The zero-order valence-corrected chi connectivity index (χ0v) is 10.2. The van der Waals surface area contributed by atoms with Crippen LogP contribution in [0.4, 0.5) is 0 Å². The van der Waals surface area contributed by atoms with Gasteiger partial charge in [-0.1, -0.05) is 53.5 Å². The summed E-state index contributed by atoms with van der Waals surface area (Å²) in [5.74, 6) is -0.541. The highest BCUT2D eigenvalue weighted by atomic mass is 35.5. The summed E-state index contributed by atoms with van der Waals surface area (Å²) in [6.45, 7) is 0. The van der Waals surface area contributed by atoms with Crippen molar-refractivity contribution in [3.8, 4) is 5.75 Å². The van der Waals surface area contributed by atoms with E-state index in [-0.39, 0.29) is 27.1 Å². The van der Waals surface area contributed by atoms with Crippen molar-refractivity contribution in [3.05, 3.63) is 63.6 Å². The van der Waals surface area contributed by atoms with Crippen molar-refractivity contribution in [2.45, 2.75) is 0 Å². The van der Waals surface area contributed by atoms with Crippen LogP contribution in [0, 0.1) is 0 Å². The second kappa shape index (κ2) is 4.78. The molecular weight excluding hydrogens is 259 g/mol. The molecule has 2 rings (SSSR count). The number of halogens is 2. The summed E-state index contributed by atoms with van der Waals surface area (Å²) < 4.78 is 0. The average Bonchev–Trinajstić information content (AvgIpc) is 2.28. The predicted molar refractivity (Wildman–Crippen MR) is 68.0 cm³/mol. The number of hydrogen-bond donors (Lipinski definition) is 1. The molecule has 2 aromatic carbocycles. The van der Waals surface area contributed by atoms with E-state index in [1.54, 1.807) is 30.3 Å². The smallest absolute Gasteiger partial charge is 0.198 e. The molecule has 0 spiro atoms. The molecule has 0 amide bonds. The number of hydrogen-bond acceptors (Lipinski definition) is 2. The van der Waals surface area contributed by atoms with Crippen molar-refractivity contribution in [1.29, 1.82) is 0 Å². The maximum Gasteiger partial charge on any atom is 0.198 e. The Labute approximate surface area is 108 Å². The van der Waals surface area contributed by atoms with Gasteiger partial charge in [-0.15, -0.1) is 0 Å². The van der Waals surface area contributed by atoms with Gasteiger partial charge in [0, 0.05) is 10.6 Å². The molecule has 0 fully saturated rings. The molecule has 0 aliphatic carbocycles. The predicted octanol–water partition coefficient (Wildman–Crippen LogP) is 3.93. The molecule has 0 radical (unpaired) electrons. The Morgan fingerprint density at radius 2 is 1.71 bits per heavy atom. The Kier molecular flexibility index (Phi) is 3.36. The van der Waals surface area contributed by atoms with Crippen molar-refractivity contribution >= 4 is 29.0 Å². The van der Waals surface area contributed by atoms with E-state index in [1.807, 2.05) is 0 Å². The van der Waals surface area contributed by atoms with Crippen LogP contribution in [-0.4, -0.2) is 10.9 Å². The van der Waals surface area contributed by atoms with E-state index in [4.69, 9.17) is 23.2 Å². The quantitative estimate of drug-likeness (QED) is 0.837. The van der Waals surface area contributed by atoms with Crippen LogP contribution in [0.2, 0.25) is 10.0 Å². The van der Waals surface area contributed by atoms with Crippen LogP contribution >= 0.6 is 23.2 Å². The van der Waals surface area contributed by atoms with Crippen molar-refractivity contribution < 1.29 is 9.90 Å². The summed E-state index contributed by atoms with van der Waals surface area (Å²) in [6, 6.07) is 11.3. The fourth-order valence-corrected chi connectivity index (χ4v) is 2.09. The van der Waals surface area contributed by atoms with Crippen molar-refractivity contribution in [3.63, 3.8) is 0 Å². The minimum absolute atomic E-state index is 0.0715. The second-order valence-corrected chi connectivity index (χ2v) is 4.32. The first-order valence-corrected chi connectivity index (χ1v) is 5.63. The highest BCUT2D eigenvalue weighted by Gasteiger charge is 2.17. The second-order valence-electron chi connectivity index (χ2n) is 3.48. The molecule has 0 unspecified atom stereocenters. The van der Waals surface area contributed by atoms with Crippen LogP contribution < -0.4 is 0 Å². The molecular formula is C13H8Cl2O2. The van der Waals surface area contributed by atoms with Crippen LogP contribution in [-0.2, 0) is 0 Å². The third-order valence-electron chi connectivity index (χ3n) is 2.30. The molecule has 0 aromatic heterocycles. The third kappa shape index (κ3) is 2.43. The van der Waals surface area contributed by atoms with Crippen molar-refractivity contribution in [1.82, 2.24) is 0 Å². The minimum Gasteiger partial charge on any atom is -0.507 e. The lowest BCUT2D eigenvalue weighted by atomic mass is 10.0. The molecule has 1 N–H and O–H groups in total. The molecule has 86 valence electrons. The number of carbonyl (C=O) groups excluding carboxylic acids is 1. The Bertz CT molecular complexity index is 542. The highest BCUT2D eigenvalue weighted by Crippen LogP contribution is 2.31. The van der Waals surface area contributed by atoms with E-state index < -0.39 is 0 Å². The molecule has 4 heteroatoms. The molecule has 0 heterocycles. The Hall–Kier alpha value is -1.51.